The number of carboxylic acids is 1. The predicted octanol–water partition coefficient (Wildman–Crippen LogP) is 2.14. The molecule has 0 amide bonds. The highest BCUT2D eigenvalue weighted by molar-refractivity contribution is 7.11. The summed E-state index contributed by atoms with van der Waals surface area (Å²) < 4.78 is 0. The molecule has 0 bridgehead atoms. The standard InChI is InChI=1S/C11H10N2O2S/c1-7-10(11(14)15)13-9(16-7)5-8-3-2-4-12-6-8/h2-4,6H,5H2,1H3,(H,14,15). The molecule has 0 unspecified atom stereocenters. The van der Waals surface area contributed by atoms with Crippen LogP contribution in [0.15, 0.2) is 24.5 Å². The van der Waals surface area contributed by atoms with Gasteiger partial charge in [0.05, 0.1) is 5.01 Å². The minimum absolute atomic E-state index is 0.156. The van der Waals surface area contributed by atoms with Crippen LogP contribution in [0.3, 0.4) is 0 Å². The van der Waals surface area contributed by atoms with Gasteiger partial charge in [0.25, 0.3) is 0 Å². The van der Waals surface area contributed by atoms with Crippen LogP contribution in [-0.2, 0) is 6.42 Å². The fourth-order valence-corrected chi connectivity index (χ4v) is 2.36. The lowest BCUT2D eigenvalue weighted by atomic mass is 10.2. The maximum atomic E-state index is 10.8. The molecule has 2 aromatic rings. The van der Waals surface area contributed by atoms with Crippen LogP contribution in [0.4, 0.5) is 0 Å². The van der Waals surface area contributed by atoms with Crippen molar-refractivity contribution in [1.82, 2.24) is 9.97 Å². The van der Waals surface area contributed by atoms with Crippen LogP contribution in [0.1, 0.15) is 25.9 Å². The molecule has 2 aromatic heterocycles. The smallest absolute Gasteiger partial charge is 0.355 e. The molecule has 0 saturated heterocycles. The molecule has 2 heterocycles. The zero-order valence-electron chi connectivity index (χ0n) is 8.67. The fraction of sp³-hybridized carbons (Fsp3) is 0.182. The summed E-state index contributed by atoms with van der Waals surface area (Å²) in [4.78, 5) is 19.7. The first kappa shape index (κ1) is 10.8. The van der Waals surface area contributed by atoms with Crippen molar-refractivity contribution in [2.75, 3.05) is 0 Å². The van der Waals surface area contributed by atoms with Gasteiger partial charge in [-0.15, -0.1) is 11.3 Å². The molecule has 0 radical (unpaired) electrons. The molecule has 1 N–H and O–H groups in total. The Labute approximate surface area is 96.6 Å². The van der Waals surface area contributed by atoms with E-state index in [0.717, 1.165) is 15.4 Å². The number of carbonyl (C=O) groups is 1. The summed E-state index contributed by atoms with van der Waals surface area (Å²) in [6.45, 7) is 1.77. The summed E-state index contributed by atoms with van der Waals surface area (Å²) in [6.07, 6.45) is 4.10. The zero-order chi connectivity index (χ0) is 11.5. The van der Waals surface area contributed by atoms with E-state index in [1.807, 2.05) is 12.1 Å². The summed E-state index contributed by atoms with van der Waals surface area (Å²) in [6, 6.07) is 3.80. The summed E-state index contributed by atoms with van der Waals surface area (Å²) >= 11 is 1.42. The van der Waals surface area contributed by atoms with E-state index in [1.54, 1.807) is 19.3 Å². The number of aromatic nitrogens is 2. The van der Waals surface area contributed by atoms with Crippen LogP contribution in [0.25, 0.3) is 0 Å². The number of aryl methyl sites for hydroxylation is 1. The van der Waals surface area contributed by atoms with E-state index >= 15 is 0 Å². The van der Waals surface area contributed by atoms with Gasteiger partial charge in [0.2, 0.25) is 0 Å². The fourth-order valence-electron chi connectivity index (χ4n) is 1.40. The maximum absolute atomic E-state index is 10.8. The molecule has 0 fully saturated rings. The number of rotatable bonds is 3. The molecule has 4 nitrogen and oxygen atoms in total. The van der Waals surface area contributed by atoms with Crippen LogP contribution >= 0.6 is 11.3 Å². The van der Waals surface area contributed by atoms with Crippen molar-refractivity contribution in [2.24, 2.45) is 0 Å². The lowest BCUT2D eigenvalue weighted by Gasteiger charge is -1.94. The molecular weight excluding hydrogens is 224 g/mol. The van der Waals surface area contributed by atoms with Crippen LogP contribution in [0.5, 0.6) is 0 Å². The van der Waals surface area contributed by atoms with Gasteiger partial charge in [0.15, 0.2) is 5.69 Å². The Morgan fingerprint density at radius 1 is 1.56 bits per heavy atom. The first-order valence-corrected chi connectivity index (χ1v) is 5.57. The Morgan fingerprint density at radius 3 is 2.94 bits per heavy atom. The Hall–Kier alpha value is -1.75. The van der Waals surface area contributed by atoms with E-state index in [1.165, 1.54) is 11.3 Å². The highest BCUT2D eigenvalue weighted by atomic mass is 32.1. The van der Waals surface area contributed by atoms with Gasteiger partial charge < -0.3 is 5.11 Å². The summed E-state index contributed by atoms with van der Waals surface area (Å²) in [5.74, 6) is -0.966. The Kier molecular flexibility index (Phi) is 2.96. The highest BCUT2D eigenvalue weighted by Crippen LogP contribution is 2.19. The third-order valence-corrected chi connectivity index (χ3v) is 3.09. The third-order valence-electron chi connectivity index (χ3n) is 2.12. The van der Waals surface area contributed by atoms with E-state index in [9.17, 15) is 4.79 Å². The largest absolute Gasteiger partial charge is 0.476 e. The van der Waals surface area contributed by atoms with Gasteiger partial charge in [-0.05, 0) is 18.6 Å². The molecule has 0 aromatic carbocycles. The number of thiazole rings is 1. The second-order valence-corrected chi connectivity index (χ2v) is 4.64. The van der Waals surface area contributed by atoms with Crippen molar-refractivity contribution in [3.63, 3.8) is 0 Å². The summed E-state index contributed by atoms with van der Waals surface area (Å²) in [7, 11) is 0. The molecule has 5 heteroatoms. The summed E-state index contributed by atoms with van der Waals surface area (Å²) in [5, 5.41) is 9.69. The van der Waals surface area contributed by atoms with E-state index in [-0.39, 0.29) is 5.69 Å². The molecule has 0 spiro atoms. The molecule has 0 atom stereocenters. The second kappa shape index (κ2) is 4.40. The van der Waals surface area contributed by atoms with Gasteiger partial charge in [-0.3, -0.25) is 4.98 Å². The number of carboxylic acid groups (broad SMARTS) is 1. The Bertz CT molecular complexity index is 508. The minimum atomic E-state index is -0.966. The summed E-state index contributed by atoms with van der Waals surface area (Å²) in [5.41, 5.74) is 1.19. The second-order valence-electron chi connectivity index (χ2n) is 3.36. The van der Waals surface area contributed by atoms with Gasteiger partial charge >= 0.3 is 5.97 Å². The molecule has 0 aliphatic rings. The number of pyridine rings is 1. The SMILES string of the molecule is Cc1sc(Cc2cccnc2)nc1C(=O)O. The van der Waals surface area contributed by atoms with E-state index in [4.69, 9.17) is 5.11 Å². The van der Waals surface area contributed by atoms with Crippen LogP contribution < -0.4 is 0 Å². The van der Waals surface area contributed by atoms with Crippen molar-refractivity contribution in [2.45, 2.75) is 13.3 Å². The third kappa shape index (κ3) is 2.25. The zero-order valence-corrected chi connectivity index (χ0v) is 9.49. The van der Waals surface area contributed by atoms with Gasteiger partial charge in [0.1, 0.15) is 0 Å². The normalized spacial score (nSPS) is 10.3. The van der Waals surface area contributed by atoms with Crippen molar-refractivity contribution >= 4 is 17.3 Å². The van der Waals surface area contributed by atoms with Crippen LogP contribution in [-0.4, -0.2) is 21.0 Å². The Morgan fingerprint density at radius 2 is 2.38 bits per heavy atom. The van der Waals surface area contributed by atoms with E-state index in [2.05, 4.69) is 9.97 Å². The van der Waals surface area contributed by atoms with Crippen molar-refractivity contribution in [3.8, 4) is 0 Å². The van der Waals surface area contributed by atoms with Crippen molar-refractivity contribution < 1.29 is 9.90 Å². The number of hydrogen-bond acceptors (Lipinski definition) is 4. The number of aromatic carboxylic acids is 1. The van der Waals surface area contributed by atoms with Gasteiger partial charge in [-0.1, -0.05) is 6.07 Å². The molecule has 0 aliphatic carbocycles. The lowest BCUT2D eigenvalue weighted by Crippen LogP contribution is -1.99. The minimum Gasteiger partial charge on any atom is -0.476 e. The highest BCUT2D eigenvalue weighted by Gasteiger charge is 2.13. The number of nitrogens with zero attached hydrogens (tertiary/aromatic N) is 2. The predicted molar refractivity (Wildman–Crippen MR) is 60.9 cm³/mol. The monoisotopic (exact) mass is 234 g/mol. The van der Waals surface area contributed by atoms with Crippen LogP contribution in [0, 0.1) is 6.92 Å². The number of hydrogen-bond donors (Lipinski definition) is 1. The molecular formula is C11H10N2O2S. The first-order valence-electron chi connectivity index (χ1n) is 4.75. The molecule has 0 saturated carbocycles. The maximum Gasteiger partial charge on any atom is 0.355 e. The van der Waals surface area contributed by atoms with Gasteiger partial charge in [-0.25, -0.2) is 9.78 Å². The van der Waals surface area contributed by atoms with Crippen molar-refractivity contribution in [1.29, 1.82) is 0 Å². The van der Waals surface area contributed by atoms with Crippen LogP contribution in [0.2, 0.25) is 0 Å². The average Bonchev–Trinajstić information content (AvgIpc) is 2.61. The average molecular weight is 234 g/mol. The van der Waals surface area contributed by atoms with Crippen molar-refractivity contribution in [3.05, 3.63) is 45.7 Å². The first-order chi connectivity index (χ1) is 7.66. The quantitative estimate of drug-likeness (QED) is 0.883. The van der Waals surface area contributed by atoms with E-state index in [0.29, 0.717) is 6.42 Å². The topological polar surface area (TPSA) is 63.1 Å². The molecule has 2 rings (SSSR count). The Balaban J connectivity index is 2.23. The molecule has 0 aliphatic heterocycles. The van der Waals surface area contributed by atoms with Gasteiger partial charge in [-0.2, -0.15) is 0 Å². The molecule has 16 heavy (non-hydrogen) atoms. The molecule has 82 valence electrons. The lowest BCUT2D eigenvalue weighted by molar-refractivity contribution is 0.0690. The van der Waals surface area contributed by atoms with Gasteiger partial charge in [0, 0.05) is 23.7 Å². The van der Waals surface area contributed by atoms with E-state index < -0.39 is 5.97 Å².